The zero-order chi connectivity index (χ0) is 19.2. The molecule has 6 nitrogen and oxygen atoms in total. The fourth-order valence-corrected chi connectivity index (χ4v) is 3.49. The second kappa shape index (κ2) is 6.45. The lowest BCUT2D eigenvalue weighted by Crippen LogP contribution is -2.42. The molecule has 3 N–H and O–H groups in total. The molecule has 0 saturated heterocycles. The summed E-state index contributed by atoms with van der Waals surface area (Å²) >= 11 is 5.76. The Morgan fingerprint density at radius 2 is 2.19 bits per heavy atom. The minimum Gasteiger partial charge on any atom is -0.462 e. The number of alkyl halides is 2. The number of fused-ring (bicyclic) bond motifs is 1. The molecule has 9 heteroatoms. The van der Waals surface area contributed by atoms with E-state index in [4.69, 9.17) is 22.1 Å². The Hall–Kier alpha value is -2.74. The molecule has 0 bridgehead atoms. The van der Waals surface area contributed by atoms with Gasteiger partial charge in [0.25, 0.3) is 18.4 Å². The fourth-order valence-electron chi connectivity index (χ4n) is 3.38. The van der Waals surface area contributed by atoms with Gasteiger partial charge < -0.3 is 15.8 Å². The molecule has 1 amide bonds. The Bertz CT molecular complexity index is 922. The highest BCUT2D eigenvalue weighted by molar-refractivity contribution is 6.30. The summed E-state index contributed by atoms with van der Waals surface area (Å²) in [5.41, 5.74) is 4.63. The van der Waals surface area contributed by atoms with E-state index < -0.39 is 23.8 Å². The van der Waals surface area contributed by atoms with Crippen LogP contribution in [0.2, 0.25) is 5.02 Å². The SMILES string of the molecule is NC1=N[C@](c2cccc(NC(=O)c3ccc(Cl)cn3)c2)(C(F)F)[C@@H]2C[C@@H]2O1. The molecule has 140 valence electrons. The number of aromatic nitrogens is 1. The van der Waals surface area contributed by atoms with E-state index in [0.29, 0.717) is 17.1 Å². The van der Waals surface area contributed by atoms with E-state index in [1.54, 1.807) is 24.3 Å². The van der Waals surface area contributed by atoms with Crippen molar-refractivity contribution in [2.24, 2.45) is 16.6 Å². The molecule has 1 saturated carbocycles. The van der Waals surface area contributed by atoms with Crippen LogP contribution in [0.15, 0.2) is 47.6 Å². The third-order valence-electron chi connectivity index (χ3n) is 4.74. The number of aliphatic imine (C=N–C) groups is 1. The zero-order valence-electron chi connectivity index (χ0n) is 13.9. The van der Waals surface area contributed by atoms with Crippen LogP contribution in [0.5, 0.6) is 0 Å². The number of carbonyl (C=O) groups is 1. The molecule has 4 rings (SSSR count). The first-order valence-corrected chi connectivity index (χ1v) is 8.61. The van der Waals surface area contributed by atoms with Gasteiger partial charge in [0.2, 0.25) is 0 Å². The van der Waals surface area contributed by atoms with Gasteiger partial charge in [0.15, 0.2) is 5.54 Å². The first kappa shape index (κ1) is 17.7. The van der Waals surface area contributed by atoms with Gasteiger partial charge in [0, 0.05) is 17.8 Å². The number of amidine groups is 1. The summed E-state index contributed by atoms with van der Waals surface area (Å²) in [7, 11) is 0. The van der Waals surface area contributed by atoms with Gasteiger partial charge in [-0.3, -0.25) is 4.79 Å². The summed E-state index contributed by atoms with van der Waals surface area (Å²) < 4.78 is 33.4. The highest BCUT2D eigenvalue weighted by Gasteiger charge is 2.63. The van der Waals surface area contributed by atoms with Crippen molar-refractivity contribution in [3.63, 3.8) is 0 Å². The van der Waals surface area contributed by atoms with E-state index in [2.05, 4.69) is 15.3 Å². The monoisotopic (exact) mass is 392 g/mol. The van der Waals surface area contributed by atoms with Crippen LogP contribution in [0.3, 0.4) is 0 Å². The number of nitrogens with zero attached hydrogens (tertiary/aromatic N) is 2. The van der Waals surface area contributed by atoms with Crippen LogP contribution in [-0.2, 0) is 10.3 Å². The van der Waals surface area contributed by atoms with Crippen molar-refractivity contribution in [3.8, 4) is 0 Å². The highest BCUT2D eigenvalue weighted by atomic mass is 35.5. The van der Waals surface area contributed by atoms with Crippen LogP contribution in [0.4, 0.5) is 14.5 Å². The van der Waals surface area contributed by atoms with Crippen LogP contribution >= 0.6 is 11.6 Å². The molecule has 1 fully saturated rings. The molecular formula is C18H15ClF2N4O2. The number of halogens is 3. The fraction of sp³-hybridized carbons (Fsp3) is 0.278. The van der Waals surface area contributed by atoms with Gasteiger partial charge in [-0.05, 0) is 36.2 Å². The van der Waals surface area contributed by atoms with Crippen molar-refractivity contribution in [2.45, 2.75) is 24.5 Å². The summed E-state index contributed by atoms with van der Waals surface area (Å²) in [6.45, 7) is 0. The number of nitrogens with one attached hydrogen (secondary N) is 1. The van der Waals surface area contributed by atoms with E-state index in [0.717, 1.165) is 0 Å². The third kappa shape index (κ3) is 3.10. The van der Waals surface area contributed by atoms with Crippen molar-refractivity contribution >= 4 is 29.2 Å². The van der Waals surface area contributed by atoms with Gasteiger partial charge in [0.1, 0.15) is 11.8 Å². The molecule has 2 aliphatic rings. The molecule has 0 radical (unpaired) electrons. The van der Waals surface area contributed by atoms with Crippen molar-refractivity contribution in [1.82, 2.24) is 4.98 Å². The molecule has 0 spiro atoms. The number of carbonyl (C=O) groups excluding carboxylic acids is 1. The predicted octanol–water partition coefficient (Wildman–Crippen LogP) is 3.18. The van der Waals surface area contributed by atoms with Gasteiger partial charge in [-0.1, -0.05) is 23.7 Å². The summed E-state index contributed by atoms with van der Waals surface area (Å²) in [6, 6.07) is 9.00. The number of hydrogen-bond donors (Lipinski definition) is 2. The first-order valence-electron chi connectivity index (χ1n) is 8.23. The number of amides is 1. The van der Waals surface area contributed by atoms with Crippen molar-refractivity contribution in [1.29, 1.82) is 0 Å². The van der Waals surface area contributed by atoms with Gasteiger partial charge in [-0.15, -0.1) is 0 Å². The molecule has 3 atom stereocenters. The maximum absolute atomic E-state index is 14.1. The summed E-state index contributed by atoms with van der Waals surface area (Å²) in [5.74, 6) is -0.928. The van der Waals surface area contributed by atoms with Gasteiger partial charge in [0.05, 0.1) is 5.02 Å². The molecule has 1 aromatic carbocycles. The second-order valence-corrected chi connectivity index (χ2v) is 6.91. The Kier molecular flexibility index (Phi) is 4.22. The maximum Gasteiger partial charge on any atom is 0.283 e. The number of anilines is 1. The molecule has 0 unspecified atom stereocenters. The van der Waals surface area contributed by atoms with Gasteiger partial charge in [-0.25, -0.2) is 18.8 Å². The van der Waals surface area contributed by atoms with Crippen molar-refractivity contribution in [2.75, 3.05) is 5.32 Å². The number of ether oxygens (including phenoxy) is 1. The number of pyridine rings is 1. The quantitative estimate of drug-likeness (QED) is 0.836. The van der Waals surface area contributed by atoms with Crippen LogP contribution in [0.25, 0.3) is 0 Å². The molecule has 2 heterocycles. The lowest BCUT2D eigenvalue weighted by atomic mass is 9.85. The van der Waals surface area contributed by atoms with E-state index in [1.807, 2.05) is 0 Å². The van der Waals surface area contributed by atoms with Gasteiger partial charge in [-0.2, -0.15) is 0 Å². The topological polar surface area (TPSA) is 89.6 Å². The van der Waals surface area contributed by atoms with Crippen molar-refractivity contribution in [3.05, 3.63) is 58.9 Å². The minimum atomic E-state index is -2.76. The molecule has 2 aromatic rings. The van der Waals surface area contributed by atoms with E-state index in [9.17, 15) is 13.6 Å². The lowest BCUT2D eigenvalue weighted by Gasteiger charge is -2.33. The minimum absolute atomic E-state index is 0.156. The number of nitrogens with two attached hydrogens (primary N) is 1. The normalized spacial score (nSPS) is 26.0. The Morgan fingerprint density at radius 3 is 2.89 bits per heavy atom. The average molecular weight is 393 g/mol. The first-order chi connectivity index (χ1) is 12.9. The number of rotatable bonds is 4. The third-order valence-corrected chi connectivity index (χ3v) is 4.96. The molecule has 1 aromatic heterocycles. The summed E-state index contributed by atoms with van der Waals surface area (Å²) in [6.07, 6.45) is -1.31. The van der Waals surface area contributed by atoms with Gasteiger partial charge >= 0.3 is 0 Å². The largest absolute Gasteiger partial charge is 0.462 e. The molecular weight excluding hydrogens is 378 g/mol. The second-order valence-electron chi connectivity index (χ2n) is 6.47. The Labute approximate surface area is 158 Å². The highest BCUT2D eigenvalue weighted by Crippen LogP contribution is 2.55. The van der Waals surface area contributed by atoms with E-state index in [1.165, 1.54) is 18.3 Å². The lowest BCUT2D eigenvalue weighted by molar-refractivity contribution is 0.0197. The maximum atomic E-state index is 14.1. The van der Waals surface area contributed by atoms with Crippen LogP contribution in [0, 0.1) is 5.92 Å². The zero-order valence-corrected chi connectivity index (χ0v) is 14.7. The number of hydrogen-bond acceptors (Lipinski definition) is 5. The summed E-state index contributed by atoms with van der Waals surface area (Å²) in [4.78, 5) is 20.2. The summed E-state index contributed by atoms with van der Waals surface area (Å²) in [5, 5.41) is 3.06. The molecule has 1 aliphatic carbocycles. The smallest absolute Gasteiger partial charge is 0.283 e. The van der Waals surface area contributed by atoms with E-state index in [-0.39, 0.29) is 23.4 Å². The molecule has 27 heavy (non-hydrogen) atoms. The van der Waals surface area contributed by atoms with Crippen LogP contribution < -0.4 is 11.1 Å². The standard InChI is InChI=1S/C18H15ClF2N4O2/c19-10-4-5-13(23-8-10)15(26)24-11-3-1-2-9(6-11)18(16(20)21)12-7-14(12)27-17(22)25-18/h1-6,8,12,14,16H,7H2,(H2,22,25)(H,24,26)/t12-,14+,18+/m1/s1. The van der Waals surface area contributed by atoms with Crippen LogP contribution in [0.1, 0.15) is 22.5 Å². The van der Waals surface area contributed by atoms with Crippen molar-refractivity contribution < 1.29 is 18.3 Å². The Balaban J connectivity index is 1.65. The predicted molar refractivity (Wildman–Crippen MR) is 95.9 cm³/mol. The van der Waals surface area contributed by atoms with E-state index >= 15 is 0 Å². The van der Waals surface area contributed by atoms with Crippen LogP contribution in [-0.4, -0.2) is 29.4 Å². The molecule has 1 aliphatic heterocycles. The Morgan fingerprint density at radius 1 is 1.37 bits per heavy atom. The average Bonchev–Trinajstić information content (AvgIpc) is 3.41. The number of benzene rings is 1.